The molecule has 8 heteroatoms. The van der Waals surface area contributed by atoms with Gasteiger partial charge in [0.15, 0.2) is 0 Å². The Balaban J connectivity index is 1.52. The molecule has 0 saturated carbocycles. The second-order valence-electron chi connectivity index (χ2n) is 7.35. The molecule has 7 nitrogen and oxygen atoms in total. The molecule has 1 fully saturated rings. The van der Waals surface area contributed by atoms with E-state index in [9.17, 15) is 4.79 Å². The number of thiophene rings is 1. The molecule has 1 aliphatic rings. The highest BCUT2D eigenvalue weighted by Crippen LogP contribution is 2.35. The molecular formula is C23H26N4O3S. The molecule has 0 spiro atoms. The molecular weight excluding hydrogens is 412 g/mol. The van der Waals surface area contributed by atoms with Crippen LogP contribution in [0.25, 0.3) is 10.1 Å². The first-order chi connectivity index (χ1) is 15.1. The van der Waals surface area contributed by atoms with Crippen molar-refractivity contribution in [1.29, 1.82) is 5.41 Å². The van der Waals surface area contributed by atoms with Crippen LogP contribution in [0.15, 0.2) is 54.6 Å². The van der Waals surface area contributed by atoms with Crippen molar-refractivity contribution in [2.45, 2.75) is 6.10 Å². The van der Waals surface area contributed by atoms with E-state index >= 15 is 0 Å². The predicted molar refractivity (Wildman–Crippen MR) is 123 cm³/mol. The predicted octanol–water partition coefficient (Wildman–Crippen LogP) is 2.75. The van der Waals surface area contributed by atoms with Gasteiger partial charge in [-0.3, -0.25) is 15.1 Å². The molecule has 1 aromatic heterocycles. The Labute approximate surface area is 185 Å². The fraction of sp³-hybridized carbons (Fsp3) is 0.304. The van der Waals surface area contributed by atoms with Gasteiger partial charge in [-0.1, -0.05) is 36.4 Å². The Hall–Kier alpha value is -2.94. The zero-order chi connectivity index (χ0) is 21.6. The SMILES string of the molecule is N=C(N)c1cc2c(OC(C(=O)NCCN3CCOCC3)c3ccccc3)cccc2s1. The molecule has 4 N–H and O–H groups in total. The Bertz CT molecular complexity index is 1050. The van der Waals surface area contributed by atoms with Crippen molar-refractivity contribution in [1.82, 2.24) is 10.2 Å². The molecule has 0 aliphatic carbocycles. The van der Waals surface area contributed by atoms with Crippen LogP contribution >= 0.6 is 11.3 Å². The number of fused-ring (bicyclic) bond motifs is 1. The Morgan fingerprint density at radius 2 is 1.97 bits per heavy atom. The van der Waals surface area contributed by atoms with Crippen molar-refractivity contribution in [3.8, 4) is 5.75 Å². The van der Waals surface area contributed by atoms with Gasteiger partial charge in [-0.15, -0.1) is 11.3 Å². The first-order valence-electron chi connectivity index (χ1n) is 10.3. The average molecular weight is 439 g/mol. The summed E-state index contributed by atoms with van der Waals surface area (Å²) in [5, 5.41) is 11.6. The number of carbonyl (C=O) groups is 1. The van der Waals surface area contributed by atoms with Gasteiger partial charge in [-0.05, 0) is 18.2 Å². The second-order valence-corrected chi connectivity index (χ2v) is 8.43. The summed E-state index contributed by atoms with van der Waals surface area (Å²) in [6, 6.07) is 17.0. The summed E-state index contributed by atoms with van der Waals surface area (Å²) in [7, 11) is 0. The van der Waals surface area contributed by atoms with E-state index in [0.29, 0.717) is 17.2 Å². The minimum absolute atomic E-state index is 0.0209. The molecule has 4 rings (SSSR count). The number of benzene rings is 2. The van der Waals surface area contributed by atoms with Crippen molar-refractivity contribution in [2.75, 3.05) is 39.4 Å². The van der Waals surface area contributed by atoms with E-state index < -0.39 is 6.10 Å². The molecule has 0 radical (unpaired) electrons. The van der Waals surface area contributed by atoms with Gasteiger partial charge in [0.05, 0.1) is 18.1 Å². The number of hydrogen-bond donors (Lipinski definition) is 3. The van der Waals surface area contributed by atoms with E-state index in [2.05, 4.69) is 10.2 Å². The van der Waals surface area contributed by atoms with Crippen molar-refractivity contribution in [3.05, 3.63) is 65.0 Å². The van der Waals surface area contributed by atoms with Crippen LogP contribution in [0.2, 0.25) is 0 Å². The van der Waals surface area contributed by atoms with E-state index in [0.717, 1.165) is 48.5 Å². The van der Waals surface area contributed by atoms with Gasteiger partial charge in [0.25, 0.3) is 5.91 Å². The van der Waals surface area contributed by atoms with Gasteiger partial charge < -0.3 is 20.5 Å². The molecule has 0 bridgehead atoms. The van der Waals surface area contributed by atoms with Gasteiger partial charge in [0.1, 0.15) is 11.6 Å². The summed E-state index contributed by atoms with van der Waals surface area (Å²) >= 11 is 1.43. The number of ether oxygens (including phenoxy) is 2. The minimum Gasteiger partial charge on any atom is -0.475 e. The fourth-order valence-electron chi connectivity index (χ4n) is 3.55. The number of nitrogens with two attached hydrogens (primary N) is 1. The van der Waals surface area contributed by atoms with E-state index in [4.69, 9.17) is 20.6 Å². The Morgan fingerprint density at radius 3 is 2.71 bits per heavy atom. The van der Waals surface area contributed by atoms with Gasteiger partial charge in [-0.2, -0.15) is 0 Å². The third-order valence-electron chi connectivity index (χ3n) is 5.20. The maximum Gasteiger partial charge on any atom is 0.265 e. The van der Waals surface area contributed by atoms with Crippen LogP contribution in [-0.2, 0) is 9.53 Å². The number of amidine groups is 1. The third-order valence-corrected chi connectivity index (χ3v) is 6.34. The first kappa shape index (κ1) is 21.3. The van der Waals surface area contributed by atoms with Gasteiger partial charge in [0.2, 0.25) is 6.10 Å². The monoisotopic (exact) mass is 438 g/mol. The van der Waals surface area contributed by atoms with Crippen molar-refractivity contribution >= 4 is 33.2 Å². The highest BCUT2D eigenvalue weighted by molar-refractivity contribution is 7.20. The van der Waals surface area contributed by atoms with E-state index in [1.807, 2.05) is 54.6 Å². The summed E-state index contributed by atoms with van der Waals surface area (Å²) in [4.78, 5) is 16.1. The average Bonchev–Trinajstić information content (AvgIpc) is 3.24. The smallest absolute Gasteiger partial charge is 0.265 e. The lowest BCUT2D eigenvalue weighted by molar-refractivity contribution is -0.128. The summed E-state index contributed by atoms with van der Waals surface area (Å²) in [5.41, 5.74) is 6.44. The molecule has 2 aromatic carbocycles. The van der Waals surface area contributed by atoms with Crippen LogP contribution in [0.1, 0.15) is 16.5 Å². The fourth-order valence-corrected chi connectivity index (χ4v) is 4.49. The number of hydrogen-bond acceptors (Lipinski definition) is 6. The number of carbonyl (C=O) groups excluding carboxylic acids is 1. The zero-order valence-electron chi connectivity index (χ0n) is 17.2. The lowest BCUT2D eigenvalue weighted by Gasteiger charge is -2.27. The highest BCUT2D eigenvalue weighted by atomic mass is 32.1. The van der Waals surface area contributed by atoms with Gasteiger partial charge in [0, 0.05) is 41.8 Å². The molecule has 2 heterocycles. The van der Waals surface area contributed by atoms with Crippen molar-refractivity contribution in [3.63, 3.8) is 0 Å². The molecule has 31 heavy (non-hydrogen) atoms. The zero-order valence-corrected chi connectivity index (χ0v) is 18.0. The van der Waals surface area contributed by atoms with Crippen LogP contribution in [0.4, 0.5) is 0 Å². The van der Waals surface area contributed by atoms with Crippen molar-refractivity contribution < 1.29 is 14.3 Å². The summed E-state index contributed by atoms with van der Waals surface area (Å²) in [6.45, 7) is 4.55. The molecule has 1 unspecified atom stereocenters. The van der Waals surface area contributed by atoms with Crippen LogP contribution in [0, 0.1) is 5.41 Å². The van der Waals surface area contributed by atoms with Crippen molar-refractivity contribution in [2.24, 2.45) is 5.73 Å². The molecule has 162 valence electrons. The third kappa shape index (κ3) is 5.22. The van der Waals surface area contributed by atoms with Gasteiger partial charge >= 0.3 is 0 Å². The lowest BCUT2D eigenvalue weighted by Crippen LogP contribution is -2.42. The molecule has 1 atom stereocenters. The quantitative estimate of drug-likeness (QED) is 0.371. The molecule has 1 amide bonds. The second kappa shape index (κ2) is 9.91. The van der Waals surface area contributed by atoms with E-state index in [-0.39, 0.29) is 11.7 Å². The first-order valence-corrected chi connectivity index (χ1v) is 11.1. The number of morpholine rings is 1. The minimum atomic E-state index is -0.780. The number of rotatable bonds is 8. The van der Waals surface area contributed by atoms with Gasteiger partial charge in [-0.25, -0.2) is 0 Å². The molecule has 3 aromatic rings. The Kier molecular flexibility index (Phi) is 6.81. The maximum atomic E-state index is 13.1. The number of amides is 1. The van der Waals surface area contributed by atoms with Crippen LogP contribution in [-0.4, -0.2) is 56.0 Å². The van der Waals surface area contributed by atoms with Crippen LogP contribution in [0.3, 0.4) is 0 Å². The number of nitrogens with zero attached hydrogens (tertiary/aromatic N) is 1. The molecule has 1 saturated heterocycles. The number of nitrogen functional groups attached to an aromatic ring is 1. The number of nitrogens with one attached hydrogen (secondary N) is 2. The largest absolute Gasteiger partial charge is 0.475 e. The van der Waals surface area contributed by atoms with E-state index in [1.165, 1.54) is 11.3 Å². The highest BCUT2D eigenvalue weighted by Gasteiger charge is 2.24. The Morgan fingerprint density at radius 1 is 1.19 bits per heavy atom. The summed E-state index contributed by atoms with van der Waals surface area (Å²) in [5.74, 6) is 0.435. The maximum absolute atomic E-state index is 13.1. The topological polar surface area (TPSA) is 101 Å². The normalized spacial score (nSPS) is 15.5. The lowest BCUT2D eigenvalue weighted by atomic mass is 10.1. The summed E-state index contributed by atoms with van der Waals surface area (Å²) in [6.07, 6.45) is -0.780. The summed E-state index contributed by atoms with van der Waals surface area (Å²) < 4.78 is 12.6. The molecule has 1 aliphatic heterocycles. The van der Waals surface area contributed by atoms with Crippen LogP contribution < -0.4 is 15.8 Å². The van der Waals surface area contributed by atoms with E-state index in [1.54, 1.807) is 0 Å². The standard InChI is InChI=1S/C23H26N4O3S/c24-22(25)20-15-17-18(7-4-8-19(17)31-20)30-21(16-5-2-1-3-6-16)23(28)26-9-10-27-11-13-29-14-12-27/h1-8,15,21H,9-14H2,(H3,24,25)(H,26,28). The van der Waals surface area contributed by atoms with Crippen LogP contribution in [0.5, 0.6) is 5.75 Å².